The number of nitrogens with one attached hydrogen (secondary N) is 1. The normalized spacial score (nSPS) is 14.5. The van der Waals surface area contributed by atoms with Gasteiger partial charge in [-0.15, -0.1) is 0 Å². The zero-order chi connectivity index (χ0) is 18.1. The van der Waals surface area contributed by atoms with Crippen molar-refractivity contribution in [2.45, 2.75) is 20.8 Å². The number of amides is 2. The largest absolute Gasteiger partial charge is 0.350 e. The molecule has 2 amide bonds. The number of rotatable bonds is 4. The van der Waals surface area contributed by atoms with E-state index in [4.69, 9.17) is 0 Å². The van der Waals surface area contributed by atoms with Crippen molar-refractivity contribution in [3.8, 4) is 0 Å². The molecule has 4 nitrogen and oxygen atoms in total. The Labute approximate surface area is 146 Å². The first kappa shape index (κ1) is 16.9. The van der Waals surface area contributed by atoms with Crippen molar-refractivity contribution in [3.63, 3.8) is 0 Å². The number of imide groups is 1. The molecule has 25 heavy (non-hydrogen) atoms. The van der Waals surface area contributed by atoms with Crippen LogP contribution in [0, 0.1) is 19.7 Å². The Morgan fingerprint density at radius 3 is 2.28 bits per heavy atom. The Balaban J connectivity index is 2.10. The number of nitrogens with zero attached hydrogens (tertiary/aromatic N) is 1. The monoisotopic (exact) mass is 338 g/mol. The van der Waals surface area contributed by atoms with E-state index in [1.165, 1.54) is 29.2 Å². The molecule has 1 aliphatic heterocycles. The molecule has 0 aromatic heterocycles. The van der Waals surface area contributed by atoms with E-state index in [1.807, 2.05) is 32.0 Å². The summed E-state index contributed by atoms with van der Waals surface area (Å²) in [5.74, 6) is -1.13. The van der Waals surface area contributed by atoms with Crippen LogP contribution in [-0.4, -0.2) is 23.3 Å². The molecule has 0 atom stereocenters. The summed E-state index contributed by atoms with van der Waals surface area (Å²) in [7, 11) is 0. The van der Waals surface area contributed by atoms with Crippen LogP contribution in [0.3, 0.4) is 0 Å². The fraction of sp³-hybridized carbons (Fsp3) is 0.200. The van der Waals surface area contributed by atoms with E-state index in [0.717, 1.165) is 16.8 Å². The minimum Gasteiger partial charge on any atom is -0.350 e. The van der Waals surface area contributed by atoms with Gasteiger partial charge in [0.2, 0.25) is 0 Å². The molecule has 1 aliphatic rings. The van der Waals surface area contributed by atoms with E-state index in [1.54, 1.807) is 6.92 Å². The molecule has 0 spiro atoms. The number of anilines is 1. The van der Waals surface area contributed by atoms with Crippen molar-refractivity contribution in [2.24, 2.45) is 0 Å². The van der Waals surface area contributed by atoms with E-state index in [0.29, 0.717) is 5.56 Å². The van der Waals surface area contributed by atoms with E-state index < -0.39 is 5.82 Å². The molecule has 0 fully saturated rings. The van der Waals surface area contributed by atoms with Gasteiger partial charge in [0.1, 0.15) is 11.5 Å². The van der Waals surface area contributed by atoms with Gasteiger partial charge in [-0.25, -0.2) is 4.39 Å². The van der Waals surface area contributed by atoms with Gasteiger partial charge in [-0.1, -0.05) is 29.8 Å². The molecule has 0 saturated heterocycles. The van der Waals surface area contributed by atoms with Gasteiger partial charge in [0.25, 0.3) is 11.8 Å². The Morgan fingerprint density at radius 2 is 1.68 bits per heavy atom. The van der Waals surface area contributed by atoms with Crippen molar-refractivity contribution in [1.82, 2.24) is 4.90 Å². The van der Waals surface area contributed by atoms with Crippen LogP contribution in [0.25, 0.3) is 5.57 Å². The SMILES string of the molecule is CCN1C(=O)C(Nc2ccc(C)cc2C)=C(c2ccc(F)cc2)C1=O. The molecule has 0 radical (unpaired) electrons. The van der Waals surface area contributed by atoms with Gasteiger partial charge in [-0.05, 0) is 50.1 Å². The molecule has 0 saturated carbocycles. The first-order valence-electron chi connectivity index (χ1n) is 8.13. The highest BCUT2D eigenvalue weighted by atomic mass is 19.1. The maximum Gasteiger partial charge on any atom is 0.278 e. The molecule has 2 aromatic carbocycles. The van der Waals surface area contributed by atoms with Crippen LogP contribution in [-0.2, 0) is 9.59 Å². The third-order valence-corrected chi connectivity index (χ3v) is 4.26. The van der Waals surface area contributed by atoms with E-state index in [9.17, 15) is 14.0 Å². The summed E-state index contributed by atoms with van der Waals surface area (Å²) in [6.07, 6.45) is 0. The molecule has 2 aromatic rings. The summed E-state index contributed by atoms with van der Waals surface area (Å²) in [5.41, 5.74) is 3.86. The lowest BCUT2D eigenvalue weighted by Crippen LogP contribution is -2.32. The van der Waals surface area contributed by atoms with E-state index >= 15 is 0 Å². The van der Waals surface area contributed by atoms with Crippen molar-refractivity contribution < 1.29 is 14.0 Å². The molecule has 128 valence electrons. The van der Waals surface area contributed by atoms with Crippen LogP contribution >= 0.6 is 0 Å². The van der Waals surface area contributed by atoms with Gasteiger partial charge in [0.05, 0.1) is 5.57 Å². The number of hydrogen-bond acceptors (Lipinski definition) is 3. The molecule has 0 aliphatic carbocycles. The summed E-state index contributed by atoms with van der Waals surface area (Å²) in [6, 6.07) is 11.4. The molecular weight excluding hydrogens is 319 g/mol. The van der Waals surface area contributed by atoms with Crippen molar-refractivity contribution in [3.05, 3.63) is 70.7 Å². The second kappa shape index (κ2) is 6.51. The predicted molar refractivity (Wildman–Crippen MR) is 95.3 cm³/mol. The fourth-order valence-corrected chi connectivity index (χ4v) is 2.95. The van der Waals surface area contributed by atoms with Gasteiger partial charge < -0.3 is 5.32 Å². The summed E-state index contributed by atoms with van der Waals surface area (Å²) < 4.78 is 13.2. The smallest absolute Gasteiger partial charge is 0.278 e. The molecule has 5 heteroatoms. The van der Waals surface area contributed by atoms with Crippen LogP contribution in [0.4, 0.5) is 10.1 Å². The second-order valence-electron chi connectivity index (χ2n) is 6.05. The molecule has 0 bridgehead atoms. The van der Waals surface area contributed by atoms with Crippen LogP contribution in [0.2, 0.25) is 0 Å². The number of likely N-dealkylation sites (N-methyl/N-ethyl adjacent to an activating group) is 1. The summed E-state index contributed by atoms with van der Waals surface area (Å²) in [6.45, 7) is 5.95. The number of aryl methyl sites for hydroxylation is 2. The fourth-order valence-electron chi connectivity index (χ4n) is 2.95. The van der Waals surface area contributed by atoms with E-state index in [2.05, 4.69) is 5.32 Å². The van der Waals surface area contributed by atoms with Crippen LogP contribution < -0.4 is 5.32 Å². The minimum absolute atomic E-state index is 0.227. The highest BCUT2D eigenvalue weighted by molar-refractivity contribution is 6.36. The molecule has 1 heterocycles. The molecule has 1 N–H and O–H groups in total. The zero-order valence-corrected chi connectivity index (χ0v) is 14.4. The van der Waals surface area contributed by atoms with Crippen molar-refractivity contribution in [2.75, 3.05) is 11.9 Å². The molecule has 0 unspecified atom stereocenters. The first-order chi connectivity index (χ1) is 11.9. The molecule has 3 rings (SSSR count). The highest BCUT2D eigenvalue weighted by Crippen LogP contribution is 2.31. The molecular formula is C20H19FN2O2. The maximum atomic E-state index is 13.2. The lowest BCUT2D eigenvalue weighted by molar-refractivity contribution is -0.136. The number of hydrogen-bond donors (Lipinski definition) is 1. The van der Waals surface area contributed by atoms with Crippen molar-refractivity contribution in [1.29, 1.82) is 0 Å². The third kappa shape index (κ3) is 3.05. The quantitative estimate of drug-likeness (QED) is 0.866. The van der Waals surface area contributed by atoms with Gasteiger partial charge >= 0.3 is 0 Å². The number of carbonyl (C=O) groups is 2. The highest BCUT2D eigenvalue weighted by Gasteiger charge is 2.38. The maximum absolute atomic E-state index is 13.2. The number of halogens is 1. The van der Waals surface area contributed by atoms with E-state index in [-0.39, 0.29) is 29.6 Å². The topological polar surface area (TPSA) is 49.4 Å². The number of carbonyl (C=O) groups excluding carboxylic acids is 2. The van der Waals surface area contributed by atoms with Crippen LogP contribution in [0.5, 0.6) is 0 Å². The summed E-state index contributed by atoms with van der Waals surface area (Å²) in [5, 5.41) is 3.12. The zero-order valence-electron chi connectivity index (χ0n) is 14.4. The Morgan fingerprint density at radius 1 is 1.00 bits per heavy atom. The standard InChI is InChI=1S/C20H19FN2O2/c1-4-23-19(24)17(14-6-8-15(21)9-7-14)18(20(23)25)22-16-10-5-12(2)11-13(16)3/h5-11,22H,4H2,1-3H3. The van der Waals surface area contributed by atoms with Gasteiger partial charge in [0.15, 0.2) is 0 Å². The predicted octanol–water partition coefficient (Wildman–Crippen LogP) is 3.65. The van der Waals surface area contributed by atoms with Crippen molar-refractivity contribution >= 4 is 23.1 Å². The number of benzene rings is 2. The Bertz CT molecular complexity index is 885. The lowest BCUT2D eigenvalue weighted by atomic mass is 10.0. The van der Waals surface area contributed by atoms with Gasteiger partial charge in [0, 0.05) is 12.2 Å². The second-order valence-corrected chi connectivity index (χ2v) is 6.05. The average Bonchev–Trinajstić information content (AvgIpc) is 2.81. The average molecular weight is 338 g/mol. The third-order valence-electron chi connectivity index (χ3n) is 4.26. The summed E-state index contributed by atoms with van der Waals surface area (Å²) in [4.78, 5) is 26.6. The van der Waals surface area contributed by atoms with Gasteiger partial charge in [-0.2, -0.15) is 0 Å². The summed E-state index contributed by atoms with van der Waals surface area (Å²) >= 11 is 0. The van der Waals surface area contributed by atoms with Crippen LogP contribution in [0.1, 0.15) is 23.6 Å². The van der Waals surface area contributed by atoms with Gasteiger partial charge in [-0.3, -0.25) is 14.5 Å². The minimum atomic E-state index is -0.391. The van der Waals surface area contributed by atoms with Crippen LogP contribution in [0.15, 0.2) is 48.2 Å². The Hall–Kier alpha value is -2.95. The lowest BCUT2D eigenvalue weighted by Gasteiger charge is -2.13. The Kier molecular flexibility index (Phi) is 4.40. The first-order valence-corrected chi connectivity index (χ1v) is 8.13.